The predicted octanol–water partition coefficient (Wildman–Crippen LogP) is 1.69. The first-order valence-corrected chi connectivity index (χ1v) is 8.99. The number of fused-ring (bicyclic) bond motifs is 1. The highest BCUT2D eigenvalue weighted by atomic mass is 16.7. The van der Waals surface area contributed by atoms with Gasteiger partial charge >= 0.3 is 0 Å². The quantitative estimate of drug-likeness (QED) is 0.637. The van der Waals surface area contributed by atoms with Gasteiger partial charge in [-0.05, 0) is 49.2 Å². The normalized spacial score (nSPS) is 10.9. The van der Waals surface area contributed by atoms with E-state index in [0.717, 1.165) is 16.2 Å². The lowest BCUT2D eigenvalue weighted by atomic mass is 10.0. The van der Waals surface area contributed by atoms with Crippen molar-refractivity contribution in [3.63, 3.8) is 0 Å². The van der Waals surface area contributed by atoms with Crippen LogP contribution in [0.2, 0.25) is 0 Å². The molecule has 9 heteroatoms. The molecule has 0 radical (unpaired) electrons. The van der Waals surface area contributed by atoms with Crippen LogP contribution in [0, 0.1) is 13.8 Å². The number of benzene rings is 1. The number of aromatic nitrogens is 3. The molecule has 0 bridgehead atoms. The molecule has 1 aromatic carbocycles. The zero-order valence-electron chi connectivity index (χ0n) is 17.0. The van der Waals surface area contributed by atoms with Gasteiger partial charge in [-0.15, -0.1) is 0 Å². The van der Waals surface area contributed by atoms with Gasteiger partial charge in [-0.1, -0.05) is 0 Å². The molecular weight excluding hydrogens is 374 g/mol. The van der Waals surface area contributed by atoms with Crippen molar-refractivity contribution < 1.29 is 14.4 Å². The van der Waals surface area contributed by atoms with Crippen LogP contribution in [0.1, 0.15) is 27.2 Å². The highest BCUT2D eigenvalue weighted by molar-refractivity contribution is 5.96. The number of nitrogens with zero attached hydrogens (tertiary/aromatic N) is 3. The summed E-state index contributed by atoms with van der Waals surface area (Å²) in [6.45, 7) is 3.64. The smallest absolute Gasteiger partial charge is 0.277 e. The minimum Gasteiger partial charge on any atom is -0.326 e. The van der Waals surface area contributed by atoms with Gasteiger partial charge in [0.1, 0.15) is 0 Å². The zero-order chi connectivity index (χ0) is 21.3. The van der Waals surface area contributed by atoms with E-state index in [0.29, 0.717) is 28.0 Å². The van der Waals surface area contributed by atoms with Crippen molar-refractivity contribution in [1.29, 1.82) is 0 Å². The number of nitrogens with one attached hydrogen (secondary N) is 2. The summed E-state index contributed by atoms with van der Waals surface area (Å²) in [6, 6.07) is 6.53. The van der Waals surface area contributed by atoms with Crippen molar-refractivity contribution in [2.24, 2.45) is 7.05 Å². The maximum absolute atomic E-state index is 12.6. The lowest BCUT2D eigenvalue weighted by Crippen LogP contribution is -2.25. The van der Waals surface area contributed by atoms with E-state index in [9.17, 15) is 14.4 Å². The first-order chi connectivity index (χ1) is 13.7. The van der Waals surface area contributed by atoms with Crippen molar-refractivity contribution in [1.82, 2.24) is 19.8 Å². The van der Waals surface area contributed by atoms with Crippen LogP contribution < -0.4 is 10.9 Å². The highest BCUT2D eigenvalue weighted by Gasteiger charge is 2.18. The number of rotatable bonds is 5. The van der Waals surface area contributed by atoms with Gasteiger partial charge < -0.3 is 5.32 Å². The van der Waals surface area contributed by atoms with Crippen LogP contribution in [0.5, 0.6) is 0 Å². The molecule has 0 atom stereocenters. The SMILES string of the molecule is CON(C)C(=O)c1ccc(NC(=O)Cc2c(C)nc3c(c2C)c(=O)[nH]n3C)cc1. The van der Waals surface area contributed by atoms with E-state index in [1.807, 2.05) is 13.8 Å². The first-order valence-electron chi connectivity index (χ1n) is 8.99. The number of aryl methyl sites for hydroxylation is 3. The van der Waals surface area contributed by atoms with E-state index in [2.05, 4.69) is 15.4 Å². The zero-order valence-corrected chi connectivity index (χ0v) is 17.0. The number of anilines is 1. The number of aromatic amines is 1. The standard InChI is InChI=1S/C20H23N5O4/c1-11-15(12(2)21-18-17(11)19(27)23-24(18)3)10-16(26)22-14-8-6-13(7-9-14)20(28)25(4)29-5/h6-9H,10H2,1-5H3,(H,22,26)(H,23,27). The van der Waals surface area contributed by atoms with E-state index >= 15 is 0 Å². The number of hydrogen-bond donors (Lipinski definition) is 2. The van der Waals surface area contributed by atoms with E-state index in [4.69, 9.17) is 4.84 Å². The first kappa shape index (κ1) is 20.3. The van der Waals surface area contributed by atoms with Gasteiger partial charge in [0, 0.05) is 31.0 Å². The fraction of sp³-hybridized carbons (Fsp3) is 0.300. The van der Waals surface area contributed by atoms with Gasteiger partial charge in [0.05, 0.1) is 18.9 Å². The lowest BCUT2D eigenvalue weighted by molar-refractivity contribution is -0.115. The molecule has 0 unspecified atom stereocenters. The Morgan fingerprint density at radius 1 is 1.24 bits per heavy atom. The Morgan fingerprint density at radius 3 is 2.52 bits per heavy atom. The largest absolute Gasteiger partial charge is 0.326 e. The topological polar surface area (TPSA) is 109 Å². The van der Waals surface area contributed by atoms with E-state index in [1.54, 1.807) is 36.0 Å². The summed E-state index contributed by atoms with van der Waals surface area (Å²) >= 11 is 0. The molecule has 0 aliphatic carbocycles. The van der Waals surface area contributed by atoms with Crippen LogP contribution in [-0.2, 0) is 23.1 Å². The van der Waals surface area contributed by atoms with Crippen LogP contribution in [0.15, 0.2) is 29.1 Å². The molecule has 29 heavy (non-hydrogen) atoms. The number of amides is 2. The molecular formula is C20H23N5O4. The van der Waals surface area contributed by atoms with Crippen molar-refractivity contribution in [3.8, 4) is 0 Å². The van der Waals surface area contributed by atoms with Gasteiger partial charge in [-0.25, -0.2) is 10.0 Å². The van der Waals surface area contributed by atoms with Gasteiger partial charge in [-0.3, -0.25) is 29.0 Å². The third-order valence-electron chi connectivity index (χ3n) is 4.89. The number of hydroxylamine groups is 2. The fourth-order valence-corrected chi connectivity index (χ4v) is 3.23. The molecule has 0 aliphatic heterocycles. The van der Waals surface area contributed by atoms with Crippen LogP contribution in [-0.4, -0.2) is 45.8 Å². The van der Waals surface area contributed by atoms with Crippen molar-refractivity contribution in [2.45, 2.75) is 20.3 Å². The average Bonchev–Trinajstić information content (AvgIpc) is 2.97. The molecule has 0 saturated carbocycles. The number of H-pyrrole nitrogens is 1. The van der Waals surface area contributed by atoms with E-state index in [-0.39, 0.29) is 23.8 Å². The molecule has 2 amide bonds. The lowest BCUT2D eigenvalue weighted by Gasteiger charge is -2.14. The Kier molecular flexibility index (Phi) is 5.51. The molecule has 3 rings (SSSR count). The second kappa shape index (κ2) is 7.88. The van der Waals surface area contributed by atoms with Crippen LogP contribution >= 0.6 is 0 Å². The summed E-state index contributed by atoms with van der Waals surface area (Å²) in [5.74, 6) is -0.526. The Labute approximate surface area is 167 Å². The maximum atomic E-state index is 12.6. The number of carbonyl (C=O) groups is 2. The Morgan fingerprint density at radius 2 is 1.90 bits per heavy atom. The molecule has 152 valence electrons. The van der Waals surface area contributed by atoms with Crippen molar-refractivity contribution >= 4 is 28.5 Å². The Bertz CT molecular complexity index is 1140. The minimum absolute atomic E-state index is 0.0854. The van der Waals surface area contributed by atoms with Crippen LogP contribution in [0.4, 0.5) is 5.69 Å². The Balaban J connectivity index is 1.78. The molecule has 2 N–H and O–H groups in total. The minimum atomic E-state index is -0.288. The summed E-state index contributed by atoms with van der Waals surface area (Å²) in [5.41, 5.74) is 3.51. The summed E-state index contributed by atoms with van der Waals surface area (Å²) in [6.07, 6.45) is 0.0854. The third-order valence-corrected chi connectivity index (χ3v) is 4.89. The summed E-state index contributed by atoms with van der Waals surface area (Å²) in [4.78, 5) is 46.1. The Hall–Kier alpha value is -3.46. The number of hydrogen-bond acceptors (Lipinski definition) is 5. The van der Waals surface area contributed by atoms with Crippen molar-refractivity contribution in [3.05, 3.63) is 57.0 Å². The van der Waals surface area contributed by atoms with E-state index < -0.39 is 0 Å². The molecule has 3 aromatic rings. The monoisotopic (exact) mass is 397 g/mol. The highest BCUT2D eigenvalue weighted by Crippen LogP contribution is 2.21. The summed E-state index contributed by atoms with van der Waals surface area (Å²) in [5, 5.41) is 7.11. The summed E-state index contributed by atoms with van der Waals surface area (Å²) < 4.78 is 1.57. The second-order valence-electron chi connectivity index (χ2n) is 6.79. The molecule has 0 saturated heterocycles. The molecule has 2 aromatic heterocycles. The maximum Gasteiger partial charge on any atom is 0.277 e. The number of pyridine rings is 1. The molecule has 0 aliphatic rings. The van der Waals surface area contributed by atoms with Gasteiger partial charge in [-0.2, -0.15) is 0 Å². The molecule has 0 fully saturated rings. The van der Waals surface area contributed by atoms with Crippen molar-refractivity contribution in [2.75, 3.05) is 19.5 Å². The third kappa shape index (κ3) is 3.90. The fourth-order valence-electron chi connectivity index (χ4n) is 3.23. The van der Waals surface area contributed by atoms with Gasteiger partial charge in [0.15, 0.2) is 5.65 Å². The van der Waals surface area contributed by atoms with Gasteiger partial charge in [0.2, 0.25) is 5.91 Å². The molecule has 0 spiro atoms. The van der Waals surface area contributed by atoms with Crippen LogP contribution in [0.3, 0.4) is 0 Å². The second-order valence-corrected chi connectivity index (χ2v) is 6.79. The van der Waals surface area contributed by atoms with Crippen LogP contribution in [0.25, 0.3) is 11.0 Å². The molecule has 2 heterocycles. The van der Waals surface area contributed by atoms with E-state index in [1.165, 1.54) is 14.2 Å². The number of carbonyl (C=O) groups excluding carboxylic acids is 2. The summed E-state index contributed by atoms with van der Waals surface area (Å²) in [7, 11) is 4.65. The average molecular weight is 397 g/mol. The molecule has 9 nitrogen and oxygen atoms in total. The van der Waals surface area contributed by atoms with Gasteiger partial charge in [0.25, 0.3) is 11.5 Å². The predicted molar refractivity (Wildman–Crippen MR) is 109 cm³/mol.